The molecule has 0 aliphatic rings. The van der Waals surface area contributed by atoms with Gasteiger partial charge in [0.05, 0.1) is 10.2 Å². The molecule has 0 amide bonds. The number of hydrogen-bond acceptors (Lipinski definition) is 3. The quantitative estimate of drug-likeness (QED) is 0.749. The third-order valence-electron chi connectivity index (χ3n) is 3.20. The fraction of sp³-hybridized carbons (Fsp3) is 0.0588. The molecule has 1 heterocycles. The minimum absolute atomic E-state index is 0.123. The first-order valence-electron chi connectivity index (χ1n) is 6.88. The van der Waals surface area contributed by atoms with Crippen molar-refractivity contribution in [3.63, 3.8) is 0 Å². The topological polar surface area (TPSA) is 55.0 Å². The summed E-state index contributed by atoms with van der Waals surface area (Å²) in [5, 5.41) is 6.23. The number of nitrogens with zero attached hydrogens (tertiary/aromatic N) is 1. The minimum Gasteiger partial charge on any atom is -0.453 e. The van der Waals surface area contributed by atoms with Gasteiger partial charge in [-0.15, -0.1) is 0 Å². The van der Waals surface area contributed by atoms with E-state index in [4.69, 9.17) is 4.74 Å². The van der Waals surface area contributed by atoms with Gasteiger partial charge in [-0.2, -0.15) is 5.10 Å². The second kappa shape index (κ2) is 6.75. The zero-order chi connectivity index (χ0) is 16.2. The van der Waals surface area contributed by atoms with Crippen LogP contribution < -0.4 is 10.3 Å². The van der Waals surface area contributed by atoms with Gasteiger partial charge in [0.1, 0.15) is 5.75 Å². The smallest absolute Gasteiger partial charge is 0.264 e. The van der Waals surface area contributed by atoms with Crippen LogP contribution in [0.1, 0.15) is 11.3 Å². The van der Waals surface area contributed by atoms with Gasteiger partial charge in [-0.25, -0.2) is 9.49 Å². The Bertz CT molecular complexity index is 861. The monoisotopic (exact) mass is 374 g/mol. The van der Waals surface area contributed by atoms with Crippen molar-refractivity contribution in [1.82, 2.24) is 10.2 Å². The van der Waals surface area contributed by atoms with Crippen LogP contribution in [0, 0.1) is 5.82 Å². The van der Waals surface area contributed by atoms with Gasteiger partial charge >= 0.3 is 0 Å². The maximum Gasteiger partial charge on any atom is 0.264 e. The summed E-state index contributed by atoms with van der Waals surface area (Å²) in [6.45, 7) is 0. The van der Waals surface area contributed by atoms with Gasteiger partial charge in [-0.3, -0.25) is 4.79 Å². The highest BCUT2D eigenvalue weighted by Gasteiger charge is 2.15. The summed E-state index contributed by atoms with van der Waals surface area (Å²) in [5.74, 6) is 0.209. The van der Waals surface area contributed by atoms with E-state index in [1.54, 1.807) is 30.3 Å². The molecule has 0 radical (unpaired) electrons. The van der Waals surface area contributed by atoms with Gasteiger partial charge in [-0.05, 0) is 45.8 Å². The third-order valence-corrected chi connectivity index (χ3v) is 3.82. The van der Waals surface area contributed by atoms with E-state index in [1.807, 2.05) is 18.2 Å². The van der Waals surface area contributed by atoms with E-state index in [0.717, 1.165) is 0 Å². The van der Waals surface area contributed by atoms with E-state index in [-0.39, 0.29) is 17.7 Å². The summed E-state index contributed by atoms with van der Waals surface area (Å²) in [5.41, 5.74) is 0.702. The summed E-state index contributed by atoms with van der Waals surface area (Å²) in [7, 11) is 0. The van der Waals surface area contributed by atoms with Crippen molar-refractivity contribution < 1.29 is 9.13 Å². The highest BCUT2D eigenvalue weighted by molar-refractivity contribution is 9.10. The minimum atomic E-state index is -0.462. The van der Waals surface area contributed by atoms with Gasteiger partial charge < -0.3 is 4.74 Å². The number of halogens is 2. The van der Waals surface area contributed by atoms with Crippen molar-refractivity contribution >= 4 is 15.9 Å². The predicted octanol–water partition coefficient (Wildman–Crippen LogP) is 4.05. The molecule has 0 aliphatic heterocycles. The molecule has 6 heteroatoms. The Morgan fingerprint density at radius 2 is 1.87 bits per heavy atom. The Hall–Kier alpha value is -2.47. The molecular weight excluding hydrogens is 363 g/mol. The van der Waals surface area contributed by atoms with Crippen LogP contribution >= 0.6 is 15.9 Å². The number of hydrogen-bond donors (Lipinski definition) is 1. The lowest BCUT2D eigenvalue weighted by atomic mass is 10.1. The van der Waals surface area contributed by atoms with Crippen LogP contribution in [0.25, 0.3) is 0 Å². The molecule has 0 aliphatic carbocycles. The Labute approximate surface area is 140 Å². The molecule has 3 rings (SSSR count). The largest absolute Gasteiger partial charge is 0.453 e. The molecule has 0 unspecified atom stereocenters. The van der Waals surface area contributed by atoms with E-state index in [1.165, 1.54) is 6.07 Å². The highest BCUT2D eigenvalue weighted by Crippen LogP contribution is 2.34. The molecule has 0 bridgehead atoms. The molecule has 2 aromatic carbocycles. The van der Waals surface area contributed by atoms with Crippen molar-refractivity contribution in [1.29, 1.82) is 0 Å². The first-order chi connectivity index (χ1) is 11.1. The average Bonchev–Trinajstić information content (AvgIpc) is 2.57. The van der Waals surface area contributed by atoms with Crippen molar-refractivity contribution in [2.75, 3.05) is 0 Å². The summed E-state index contributed by atoms with van der Waals surface area (Å²) in [6.07, 6.45) is 0.251. The fourth-order valence-electron chi connectivity index (χ4n) is 2.08. The Balaban J connectivity index is 1.92. The number of para-hydroxylation sites is 1. The first kappa shape index (κ1) is 15.4. The second-order valence-corrected chi connectivity index (χ2v) is 5.71. The molecule has 0 spiro atoms. The lowest BCUT2D eigenvalue weighted by Gasteiger charge is -2.12. The van der Waals surface area contributed by atoms with Crippen LogP contribution in [0.3, 0.4) is 0 Å². The lowest BCUT2D eigenvalue weighted by Crippen LogP contribution is -2.08. The maximum absolute atomic E-state index is 14.7. The SMILES string of the molecule is O=c1ccc(Cc2ccc(Br)c(Oc3ccccc3)c2F)n[nH]1. The van der Waals surface area contributed by atoms with Gasteiger partial charge in [-0.1, -0.05) is 24.3 Å². The molecule has 0 saturated carbocycles. The van der Waals surface area contributed by atoms with Gasteiger partial charge in [0.25, 0.3) is 5.56 Å². The molecule has 0 fully saturated rings. The Morgan fingerprint density at radius 3 is 2.57 bits per heavy atom. The van der Waals surface area contributed by atoms with Crippen LogP contribution in [-0.2, 0) is 6.42 Å². The van der Waals surface area contributed by atoms with E-state index >= 15 is 0 Å². The Morgan fingerprint density at radius 1 is 1.09 bits per heavy atom. The number of H-pyrrole nitrogens is 1. The molecule has 3 aromatic rings. The van der Waals surface area contributed by atoms with Gasteiger partial charge in [0, 0.05) is 12.5 Å². The summed E-state index contributed by atoms with van der Waals surface area (Å²) in [4.78, 5) is 11.0. The van der Waals surface area contributed by atoms with Crippen LogP contribution in [0.2, 0.25) is 0 Å². The number of rotatable bonds is 4. The third kappa shape index (κ3) is 3.65. The zero-order valence-electron chi connectivity index (χ0n) is 11.9. The average molecular weight is 375 g/mol. The summed E-state index contributed by atoms with van der Waals surface area (Å²) < 4.78 is 20.9. The van der Waals surface area contributed by atoms with Crippen molar-refractivity contribution in [2.24, 2.45) is 0 Å². The summed E-state index contributed by atoms with van der Waals surface area (Å²) in [6, 6.07) is 15.3. The van der Waals surface area contributed by atoms with Crippen LogP contribution in [0.5, 0.6) is 11.5 Å². The lowest BCUT2D eigenvalue weighted by molar-refractivity contribution is 0.436. The molecule has 23 heavy (non-hydrogen) atoms. The number of aromatic nitrogens is 2. The van der Waals surface area contributed by atoms with Crippen LogP contribution in [-0.4, -0.2) is 10.2 Å². The van der Waals surface area contributed by atoms with Crippen molar-refractivity contribution in [3.8, 4) is 11.5 Å². The fourth-order valence-corrected chi connectivity index (χ4v) is 2.46. The number of aromatic amines is 1. The number of ether oxygens (including phenoxy) is 1. The molecule has 1 aromatic heterocycles. The summed E-state index contributed by atoms with van der Waals surface area (Å²) >= 11 is 3.31. The molecule has 116 valence electrons. The maximum atomic E-state index is 14.7. The highest BCUT2D eigenvalue weighted by atomic mass is 79.9. The predicted molar refractivity (Wildman–Crippen MR) is 88.3 cm³/mol. The second-order valence-electron chi connectivity index (χ2n) is 4.85. The van der Waals surface area contributed by atoms with Crippen LogP contribution in [0.4, 0.5) is 4.39 Å². The van der Waals surface area contributed by atoms with Crippen molar-refractivity contribution in [3.05, 3.63) is 86.5 Å². The molecular formula is C17H12BrFN2O2. The molecule has 0 atom stereocenters. The van der Waals surface area contributed by atoms with E-state index < -0.39 is 5.82 Å². The first-order valence-corrected chi connectivity index (χ1v) is 7.67. The van der Waals surface area contributed by atoms with Crippen LogP contribution in [0.15, 0.2) is 63.9 Å². The molecule has 0 saturated heterocycles. The zero-order valence-corrected chi connectivity index (χ0v) is 13.5. The molecule has 1 N–H and O–H groups in total. The standard InChI is InChI=1S/C17H12BrFN2O2/c18-14-8-6-11(10-12-7-9-15(22)21-20-12)16(19)17(14)23-13-4-2-1-3-5-13/h1-9H,10H2,(H,21,22). The number of benzene rings is 2. The van der Waals surface area contributed by atoms with E-state index in [2.05, 4.69) is 26.1 Å². The van der Waals surface area contributed by atoms with Crippen molar-refractivity contribution in [2.45, 2.75) is 6.42 Å². The normalized spacial score (nSPS) is 10.5. The number of nitrogens with one attached hydrogen (secondary N) is 1. The Kier molecular flexibility index (Phi) is 4.52. The van der Waals surface area contributed by atoms with E-state index in [0.29, 0.717) is 21.5 Å². The van der Waals surface area contributed by atoms with Gasteiger partial charge in [0.2, 0.25) is 0 Å². The van der Waals surface area contributed by atoms with E-state index in [9.17, 15) is 9.18 Å². The molecule has 4 nitrogen and oxygen atoms in total. The van der Waals surface area contributed by atoms with Gasteiger partial charge in [0.15, 0.2) is 11.6 Å².